The van der Waals surface area contributed by atoms with Crippen molar-refractivity contribution in [1.29, 1.82) is 0 Å². The van der Waals surface area contributed by atoms with Gasteiger partial charge in [0.25, 0.3) is 16.0 Å². The summed E-state index contributed by atoms with van der Waals surface area (Å²) in [5.74, 6) is 0.316. The second-order valence-electron chi connectivity index (χ2n) is 6.21. The summed E-state index contributed by atoms with van der Waals surface area (Å²) in [4.78, 5) is 12.5. The van der Waals surface area contributed by atoms with Crippen molar-refractivity contribution >= 4 is 33.0 Å². The van der Waals surface area contributed by atoms with Crippen LogP contribution in [0.5, 0.6) is 0 Å². The Labute approximate surface area is 151 Å². The van der Waals surface area contributed by atoms with E-state index in [2.05, 4.69) is 5.32 Å². The molecule has 2 aliphatic rings. The van der Waals surface area contributed by atoms with Gasteiger partial charge in [0.05, 0.1) is 18.4 Å². The van der Waals surface area contributed by atoms with Crippen LogP contribution >= 0.6 is 0 Å². The van der Waals surface area contributed by atoms with Crippen molar-refractivity contribution in [3.05, 3.63) is 65.2 Å². The molecule has 0 fully saturated rings. The average molecular weight is 371 g/mol. The van der Waals surface area contributed by atoms with Gasteiger partial charge in [0.1, 0.15) is 11.9 Å². The number of fused-ring (bicyclic) bond motifs is 2. The second-order valence-corrected chi connectivity index (χ2v) is 7.86. The lowest BCUT2D eigenvalue weighted by Crippen LogP contribution is -2.08. The Bertz CT molecular complexity index is 1030. The maximum Gasteiger partial charge on any atom is 0.264 e. The molecule has 0 aromatic heterocycles. The molecular weight excluding hydrogens is 354 g/mol. The Hall–Kier alpha value is -2.64. The molecule has 1 atom stereocenters. The van der Waals surface area contributed by atoms with Crippen molar-refractivity contribution in [2.45, 2.75) is 12.5 Å². The van der Waals surface area contributed by atoms with Crippen molar-refractivity contribution in [1.82, 2.24) is 0 Å². The molecule has 2 aliphatic heterocycles. The number of amides is 1. The van der Waals surface area contributed by atoms with Crippen LogP contribution in [0.4, 0.5) is 5.69 Å². The molecule has 2 aromatic carbocycles. The monoisotopic (exact) mass is 371 g/mol. The van der Waals surface area contributed by atoms with Crippen molar-refractivity contribution in [3.63, 3.8) is 0 Å². The normalized spacial score (nSPS) is 21.1. The fraction of sp³-hybridized carbons (Fsp3) is 0.211. The minimum atomic E-state index is -3.50. The third-order valence-corrected chi connectivity index (χ3v) is 4.98. The molecule has 7 heteroatoms. The van der Waals surface area contributed by atoms with E-state index in [1.54, 1.807) is 0 Å². The summed E-state index contributed by atoms with van der Waals surface area (Å²) in [7, 11) is -3.50. The Morgan fingerprint density at radius 3 is 2.54 bits per heavy atom. The van der Waals surface area contributed by atoms with Crippen LogP contribution < -0.4 is 5.32 Å². The Kier molecular flexibility index (Phi) is 4.05. The van der Waals surface area contributed by atoms with E-state index in [0.29, 0.717) is 17.8 Å². The number of benzene rings is 2. The number of rotatable bonds is 4. The predicted octanol–water partition coefficient (Wildman–Crippen LogP) is 2.94. The first-order valence-corrected chi connectivity index (χ1v) is 10.0. The number of hydrogen-bond acceptors (Lipinski definition) is 5. The van der Waals surface area contributed by atoms with Crippen molar-refractivity contribution in [2.24, 2.45) is 0 Å². The number of anilines is 1. The minimum Gasteiger partial charge on any atom is -0.484 e. The largest absolute Gasteiger partial charge is 0.484 e. The Balaban J connectivity index is 1.72. The first-order chi connectivity index (χ1) is 12.4. The van der Waals surface area contributed by atoms with Crippen LogP contribution in [0.2, 0.25) is 0 Å². The van der Waals surface area contributed by atoms with E-state index >= 15 is 0 Å². The highest BCUT2D eigenvalue weighted by molar-refractivity contribution is 7.85. The standard InChI is InChI=1S/C19H17NO5S/c1-26(22,23)24-11-10-16-12-6-2-3-7-13(12)18(25-16)17-14-8-4-5-9-15(14)20-19(17)21/h2-9,16H,10-11H2,1H3,(H,20,21)/b18-17-. The molecule has 4 rings (SSSR count). The summed E-state index contributed by atoms with van der Waals surface area (Å²) >= 11 is 0. The molecule has 0 aliphatic carbocycles. The highest BCUT2D eigenvalue weighted by Gasteiger charge is 2.35. The van der Waals surface area contributed by atoms with Crippen molar-refractivity contribution in [3.8, 4) is 0 Å². The van der Waals surface area contributed by atoms with Crippen LogP contribution in [0.1, 0.15) is 29.2 Å². The summed E-state index contributed by atoms with van der Waals surface area (Å²) in [5.41, 5.74) is 3.82. The van der Waals surface area contributed by atoms with Crippen molar-refractivity contribution in [2.75, 3.05) is 18.2 Å². The van der Waals surface area contributed by atoms with Gasteiger partial charge < -0.3 is 10.1 Å². The zero-order valence-electron chi connectivity index (χ0n) is 14.1. The van der Waals surface area contributed by atoms with Crippen LogP contribution in [0.3, 0.4) is 0 Å². The quantitative estimate of drug-likeness (QED) is 0.660. The first kappa shape index (κ1) is 16.8. The van der Waals surface area contributed by atoms with Gasteiger partial charge in [0.15, 0.2) is 0 Å². The number of ether oxygens (including phenoxy) is 1. The molecule has 2 heterocycles. The van der Waals surface area contributed by atoms with E-state index < -0.39 is 10.1 Å². The van der Waals surface area contributed by atoms with E-state index in [9.17, 15) is 13.2 Å². The molecule has 2 aromatic rings. The molecule has 134 valence electrons. The molecule has 1 unspecified atom stereocenters. The van der Waals surface area contributed by atoms with Gasteiger partial charge in [0.2, 0.25) is 0 Å². The highest BCUT2D eigenvalue weighted by Crippen LogP contribution is 2.46. The van der Waals surface area contributed by atoms with Gasteiger partial charge in [-0.25, -0.2) is 0 Å². The SMILES string of the molecule is CS(=O)(=O)OCCC1O/C(=C2\C(=O)Nc3ccccc32)c2ccccc21. The summed E-state index contributed by atoms with van der Waals surface area (Å²) < 4.78 is 33.3. The number of carbonyl (C=O) groups excluding carboxylic acids is 1. The third-order valence-electron chi connectivity index (χ3n) is 4.39. The molecule has 6 nitrogen and oxygen atoms in total. The fourth-order valence-electron chi connectivity index (χ4n) is 3.31. The number of nitrogens with one attached hydrogen (secondary N) is 1. The van der Waals surface area contributed by atoms with Gasteiger partial charge in [-0.05, 0) is 6.07 Å². The van der Waals surface area contributed by atoms with E-state index in [1.165, 1.54) is 0 Å². The van der Waals surface area contributed by atoms with Gasteiger partial charge in [-0.1, -0.05) is 42.5 Å². The van der Waals surface area contributed by atoms with Crippen LogP contribution in [-0.2, 0) is 23.8 Å². The van der Waals surface area contributed by atoms with Crippen LogP contribution in [0, 0.1) is 0 Å². The number of carbonyl (C=O) groups is 1. The molecule has 0 saturated heterocycles. The maximum atomic E-state index is 12.5. The average Bonchev–Trinajstić information content (AvgIpc) is 3.11. The molecule has 0 bridgehead atoms. The van der Waals surface area contributed by atoms with Gasteiger partial charge >= 0.3 is 0 Å². The smallest absolute Gasteiger partial charge is 0.264 e. The van der Waals surface area contributed by atoms with Crippen LogP contribution in [-0.4, -0.2) is 27.2 Å². The molecule has 0 radical (unpaired) electrons. The lowest BCUT2D eigenvalue weighted by Gasteiger charge is -2.12. The van der Waals surface area contributed by atoms with E-state index in [0.717, 1.165) is 28.6 Å². The Morgan fingerprint density at radius 2 is 1.77 bits per heavy atom. The fourth-order valence-corrected chi connectivity index (χ4v) is 3.71. The molecule has 1 N–H and O–H groups in total. The predicted molar refractivity (Wildman–Crippen MR) is 97.6 cm³/mol. The van der Waals surface area contributed by atoms with Gasteiger partial charge in [-0.15, -0.1) is 0 Å². The number of para-hydroxylation sites is 1. The lowest BCUT2D eigenvalue weighted by atomic mass is 9.98. The van der Waals surface area contributed by atoms with E-state index in [-0.39, 0.29) is 18.6 Å². The second kappa shape index (κ2) is 6.26. The topological polar surface area (TPSA) is 81.7 Å². The van der Waals surface area contributed by atoms with Crippen molar-refractivity contribution < 1.29 is 22.1 Å². The number of hydrogen-bond donors (Lipinski definition) is 1. The zero-order chi connectivity index (χ0) is 18.3. The van der Waals surface area contributed by atoms with Gasteiger partial charge in [-0.2, -0.15) is 8.42 Å². The molecular formula is C19H17NO5S. The van der Waals surface area contributed by atoms with Crippen LogP contribution in [0.15, 0.2) is 48.5 Å². The van der Waals surface area contributed by atoms with E-state index in [1.807, 2.05) is 48.5 Å². The molecule has 1 amide bonds. The maximum absolute atomic E-state index is 12.5. The third kappa shape index (κ3) is 3.00. The molecule has 26 heavy (non-hydrogen) atoms. The first-order valence-electron chi connectivity index (χ1n) is 8.19. The minimum absolute atomic E-state index is 0.0171. The van der Waals surface area contributed by atoms with Gasteiger partial charge in [-0.3, -0.25) is 8.98 Å². The van der Waals surface area contributed by atoms with Crippen LogP contribution in [0.25, 0.3) is 11.3 Å². The summed E-state index contributed by atoms with van der Waals surface area (Å²) in [6, 6.07) is 15.1. The summed E-state index contributed by atoms with van der Waals surface area (Å²) in [5, 5.41) is 2.85. The molecule has 0 saturated carbocycles. The van der Waals surface area contributed by atoms with E-state index in [4.69, 9.17) is 8.92 Å². The Morgan fingerprint density at radius 1 is 1.08 bits per heavy atom. The highest BCUT2D eigenvalue weighted by atomic mass is 32.2. The zero-order valence-corrected chi connectivity index (χ0v) is 14.9. The summed E-state index contributed by atoms with van der Waals surface area (Å²) in [6.45, 7) is 0.0171. The van der Waals surface area contributed by atoms with Gasteiger partial charge in [0, 0.05) is 28.8 Å². The summed E-state index contributed by atoms with van der Waals surface area (Å²) in [6.07, 6.45) is 1.02. The lowest BCUT2D eigenvalue weighted by molar-refractivity contribution is -0.110. The molecule has 0 spiro atoms.